The quantitative estimate of drug-likeness (QED) is 0.263. The maximum atomic E-state index is 15.5. The highest BCUT2D eigenvalue weighted by atomic mass is 35.5. The number of nitrogens with one attached hydrogen (secondary N) is 2. The van der Waals surface area contributed by atoms with Gasteiger partial charge in [0.2, 0.25) is 0 Å². The van der Waals surface area contributed by atoms with Gasteiger partial charge in [0.05, 0.1) is 18.5 Å². The lowest BCUT2D eigenvalue weighted by Gasteiger charge is -2.31. The van der Waals surface area contributed by atoms with Crippen LogP contribution in [0.3, 0.4) is 0 Å². The molecular formula is C25H24ClF4N5O2. The molecule has 0 saturated heterocycles. The Labute approximate surface area is 215 Å². The molecule has 0 radical (unpaired) electrons. The molecule has 37 heavy (non-hydrogen) atoms. The fraction of sp³-hybridized carbons (Fsp3) is 0.280. The summed E-state index contributed by atoms with van der Waals surface area (Å²) in [6.07, 6.45) is 0.877. The van der Waals surface area contributed by atoms with E-state index >= 15 is 13.2 Å². The van der Waals surface area contributed by atoms with E-state index in [1.807, 2.05) is 0 Å². The highest BCUT2D eigenvalue weighted by Crippen LogP contribution is 2.47. The molecule has 7 nitrogen and oxygen atoms in total. The van der Waals surface area contributed by atoms with Crippen LogP contribution in [0, 0.1) is 23.3 Å². The third kappa shape index (κ3) is 5.20. The molecule has 196 valence electrons. The van der Waals surface area contributed by atoms with Crippen molar-refractivity contribution in [2.75, 3.05) is 41.4 Å². The van der Waals surface area contributed by atoms with E-state index in [-0.39, 0.29) is 39.9 Å². The van der Waals surface area contributed by atoms with Crippen molar-refractivity contribution in [2.24, 2.45) is 0 Å². The molecule has 0 saturated carbocycles. The summed E-state index contributed by atoms with van der Waals surface area (Å²) in [6, 6.07) is 3.65. The van der Waals surface area contributed by atoms with Gasteiger partial charge in [-0.2, -0.15) is 0 Å². The fourth-order valence-corrected chi connectivity index (χ4v) is 4.37. The Hall–Kier alpha value is -3.41. The molecule has 2 heterocycles. The summed E-state index contributed by atoms with van der Waals surface area (Å²) < 4.78 is 60.6. The number of nitrogens with zero attached hydrogens (tertiary/aromatic N) is 3. The number of benzene rings is 2. The zero-order valence-electron chi connectivity index (χ0n) is 20.0. The van der Waals surface area contributed by atoms with Crippen LogP contribution in [0.2, 0.25) is 5.02 Å². The number of halogens is 5. The predicted molar refractivity (Wildman–Crippen MR) is 135 cm³/mol. The van der Waals surface area contributed by atoms with E-state index in [9.17, 15) is 9.18 Å². The van der Waals surface area contributed by atoms with Crippen molar-refractivity contribution in [3.05, 3.63) is 64.8 Å². The summed E-state index contributed by atoms with van der Waals surface area (Å²) in [4.78, 5) is 19.7. The normalized spacial score (nSPS) is 13.1. The van der Waals surface area contributed by atoms with Crippen LogP contribution in [-0.4, -0.2) is 48.4 Å². The summed E-state index contributed by atoms with van der Waals surface area (Å²) in [7, 11) is 0. The van der Waals surface area contributed by atoms with Crippen molar-refractivity contribution in [3.8, 4) is 11.1 Å². The molecule has 1 aliphatic heterocycles. The molecule has 0 atom stereocenters. The molecular weight excluding hydrogens is 514 g/mol. The molecule has 0 fully saturated rings. The second kappa shape index (κ2) is 10.9. The lowest BCUT2D eigenvalue weighted by atomic mass is 10.0. The Morgan fingerprint density at radius 3 is 2.35 bits per heavy atom. The van der Waals surface area contributed by atoms with Gasteiger partial charge in [-0.05, 0) is 44.2 Å². The summed E-state index contributed by atoms with van der Waals surface area (Å²) in [5.74, 6) is -3.97. The van der Waals surface area contributed by atoms with E-state index in [4.69, 9.17) is 16.7 Å². The van der Waals surface area contributed by atoms with Gasteiger partial charge < -0.3 is 15.7 Å². The van der Waals surface area contributed by atoms with Crippen LogP contribution in [0.25, 0.3) is 11.1 Å². The molecule has 4 rings (SSSR count). The first-order chi connectivity index (χ1) is 17.6. The molecule has 2 amide bonds. The number of anilines is 4. The monoisotopic (exact) mass is 537 g/mol. The topological polar surface area (TPSA) is 80.7 Å². The van der Waals surface area contributed by atoms with Crippen molar-refractivity contribution in [3.63, 3.8) is 0 Å². The smallest absolute Gasteiger partial charge is 0.335 e. The highest BCUT2D eigenvalue weighted by molar-refractivity contribution is 6.31. The molecule has 1 aliphatic rings. The second-order valence-corrected chi connectivity index (χ2v) is 9.01. The summed E-state index contributed by atoms with van der Waals surface area (Å²) in [5, 5.41) is 14.4. The van der Waals surface area contributed by atoms with Gasteiger partial charge in [-0.25, -0.2) is 27.3 Å². The van der Waals surface area contributed by atoms with Gasteiger partial charge in [0.15, 0.2) is 11.6 Å². The largest absolute Gasteiger partial charge is 0.395 e. The first-order valence-corrected chi connectivity index (χ1v) is 11.8. The van der Waals surface area contributed by atoms with Crippen LogP contribution in [0.4, 0.5) is 45.2 Å². The number of fused-ring (bicyclic) bond motifs is 3. The molecule has 2 aromatic carbocycles. The predicted octanol–water partition coefficient (Wildman–Crippen LogP) is 5.44. The molecule has 0 bridgehead atoms. The first kappa shape index (κ1) is 26.6. The number of amides is 2. The van der Waals surface area contributed by atoms with Gasteiger partial charge >= 0.3 is 6.03 Å². The number of carbonyl (C=O) groups excluding carboxylic acids is 1. The Bertz CT molecular complexity index is 1320. The number of pyridine rings is 1. The fourth-order valence-electron chi connectivity index (χ4n) is 4.17. The van der Waals surface area contributed by atoms with E-state index in [2.05, 4.69) is 15.6 Å². The molecule has 3 aromatic rings. The molecule has 0 aliphatic carbocycles. The zero-order chi connectivity index (χ0) is 26.9. The van der Waals surface area contributed by atoms with Crippen LogP contribution in [0.15, 0.2) is 36.5 Å². The van der Waals surface area contributed by atoms with E-state index in [1.54, 1.807) is 13.8 Å². The lowest BCUT2D eigenvalue weighted by Crippen LogP contribution is -2.45. The number of aliphatic hydroxyl groups is 1. The maximum absolute atomic E-state index is 15.5. The Morgan fingerprint density at radius 1 is 1.00 bits per heavy atom. The van der Waals surface area contributed by atoms with Gasteiger partial charge in [0.1, 0.15) is 23.1 Å². The van der Waals surface area contributed by atoms with Crippen LogP contribution < -0.4 is 20.4 Å². The van der Waals surface area contributed by atoms with Crippen molar-refractivity contribution >= 4 is 40.5 Å². The first-order valence-electron chi connectivity index (χ1n) is 11.5. The zero-order valence-corrected chi connectivity index (χ0v) is 20.7. The summed E-state index contributed by atoms with van der Waals surface area (Å²) in [5.41, 5.74) is -1.26. The average molecular weight is 538 g/mol. The molecule has 0 spiro atoms. The Kier molecular flexibility index (Phi) is 7.86. The maximum Gasteiger partial charge on any atom is 0.335 e. The molecule has 0 unspecified atom stereocenters. The van der Waals surface area contributed by atoms with Crippen LogP contribution >= 0.6 is 11.6 Å². The minimum Gasteiger partial charge on any atom is -0.395 e. The van der Waals surface area contributed by atoms with Gasteiger partial charge in [-0.1, -0.05) is 11.6 Å². The number of aromatic nitrogens is 1. The summed E-state index contributed by atoms with van der Waals surface area (Å²) >= 11 is 6.09. The number of carbonyl (C=O) groups is 1. The van der Waals surface area contributed by atoms with Gasteiger partial charge in [0.25, 0.3) is 0 Å². The van der Waals surface area contributed by atoms with Crippen molar-refractivity contribution in [1.82, 2.24) is 10.3 Å². The summed E-state index contributed by atoms with van der Waals surface area (Å²) in [6.45, 7) is 4.31. The number of rotatable bonds is 8. The van der Waals surface area contributed by atoms with Crippen LogP contribution in [0.1, 0.15) is 13.8 Å². The van der Waals surface area contributed by atoms with Gasteiger partial charge in [-0.15, -0.1) is 0 Å². The number of hydrogen-bond donors (Lipinski definition) is 3. The molecule has 12 heteroatoms. The van der Waals surface area contributed by atoms with E-state index in [0.717, 1.165) is 35.4 Å². The lowest BCUT2D eigenvalue weighted by molar-refractivity contribution is 0.251. The SMILES string of the molecule is CC(C)N1C(=O)N(c2c(F)cc(NCCNCCO)cc2F)c2cc(Cl)cc(F)c2-c2cc(F)cnc21. The third-order valence-electron chi connectivity index (χ3n) is 5.68. The van der Waals surface area contributed by atoms with E-state index in [1.165, 1.54) is 6.07 Å². The van der Waals surface area contributed by atoms with Gasteiger partial charge in [-0.3, -0.25) is 9.80 Å². The number of hydrogen-bond acceptors (Lipinski definition) is 5. The van der Waals surface area contributed by atoms with Crippen molar-refractivity contribution < 1.29 is 27.5 Å². The van der Waals surface area contributed by atoms with Crippen LogP contribution in [-0.2, 0) is 0 Å². The Balaban J connectivity index is 1.89. The van der Waals surface area contributed by atoms with Gasteiger partial charge in [0, 0.05) is 47.5 Å². The van der Waals surface area contributed by atoms with Crippen molar-refractivity contribution in [1.29, 1.82) is 0 Å². The van der Waals surface area contributed by atoms with Crippen LogP contribution in [0.5, 0.6) is 0 Å². The van der Waals surface area contributed by atoms with E-state index < -0.39 is 41.0 Å². The molecule has 1 aromatic heterocycles. The van der Waals surface area contributed by atoms with E-state index in [0.29, 0.717) is 24.5 Å². The third-order valence-corrected chi connectivity index (χ3v) is 5.90. The average Bonchev–Trinajstić information content (AvgIpc) is 2.91. The number of urea groups is 1. The Morgan fingerprint density at radius 2 is 1.70 bits per heavy atom. The molecule has 3 N–H and O–H groups in total. The minimum absolute atomic E-state index is 0.0483. The minimum atomic E-state index is -1.10. The van der Waals surface area contributed by atoms with Crippen molar-refractivity contribution in [2.45, 2.75) is 19.9 Å². The standard InChI is InChI=1S/C25H24ClF4N5O2/c1-13(2)34-24-17(9-15(27)12-33-24)22-18(28)7-14(26)8-21(22)35(25(34)37)23-19(29)10-16(11-20(23)30)32-4-3-31-5-6-36/h7-13,31-32,36H,3-6H2,1-2H3. The second-order valence-electron chi connectivity index (χ2n) is 8.58. The number of aliphatic hydroxyl groups excluding tert-OH is 1. The highest BCUT2D eigenvalue weighted by Gasteiger charge is 2.39.